The third-order valence-corrected chi connectivity index (χ3v) is 3.59. The molecule has 0 saturated carbocycles. The quantitative estimate of drug-likeness (QED) is 0.814. The Labute approximate surface area is 116 Å². The number of aryl methyl sites for hydroxylation is 1. The van der Waals surface area contributed by atoms with E-state index < -0.39 is 9.05 Å². The standard InChI is InChI=1S/C13H12ClNO3S/c1-10-7-12(15-13(8-10)19(14,16)17)18-9-11-5-3-2-4-6-11/h2-8H,9H2,1H3. The van der Waals surface area contributed by atoms with Gasteiger partial charge in [-0.2, -0.15) is 0 Å². The largest absolute Gasteiger partial charge is 0.473 e. The monoisotopic (exact) mass is 297 g/mol. The Balaban J connectivity index is 2.19. The number of rotatable bonds is 4. The number of ether oxygens (including phenoxy) is 1. The van der Waals surface area contributed by atoms with Crippen LogP contribution in [0.2, 0.25) is 0 Å². The Morgan fingerprint density at radius 3 is 2.53 bits per heavy atom. The zero-order chi connectivity index (χ0) is 13.9. The van der Waals surface area contributed by atoms with Crippen LogP contribution in [-0.2, 0) is 15.7 Å². The molecule has 1 aromatic carbocycles. The average Bonchev–Trinajstić information content (AvgIpc) is 2.36. The summed E-state index contributed by atoms with van der Waals surface area (Å²) in [6.07, 6.45) is 0. The van der Waals surface area contributed by atoms with Gasteiger partial charge < -0.3 is 4.74 Å². The fourth-order valence-electron chi connectivity index (χ4n) is 1.53. The van der Waals surface area contributed by atoms with E-state index in [1.54, 1.807) is 13.0 Å². The Kier molecular flexibility index (Phi) is 4.07. The topological polar surface area (TPSA) is 56.3 Å². The summed E-state index contributed by atoms with van der Waals surface area (Å²) < 4.78 is 28.0. The first-order chi connectivity index (χ1) is 8.95. The van der Waals surface area contributed by atoms with Gasteiger partial charge in [-0.15, -0.1) is 0 Å². The van der Waals surface area contributed by atoms with E-state index in [9.17, 15) is 8.42 Å². The molecule has 0 bridgehead atoms. The van der Waals surface area contributed by atoms with Crippen molar-refractivity contribution in [2.45, 2.75) is 18.6 Å². The summed E-state index contributed by atoms with van der Waals surface area (Å²) >= 11 is 0. The molecular formula is C13H12ClNO3S. The molecule has 0 N–H and O–H groups in total. The van der Waals surface area contributed by atoms with Crippen LogP contribution in [0.15, 0.2) is 47.5 Å². The number of halogens is 1. The van der Waals surface area contributed by atoms with E-state index >= 15 is 0 Å². The van der Waals surface area contributed by atoms with Crippen LogP contribution in [0.4, 0.5) is 0 Å². The molecule has 0 aliphatic rings. The maximum Gasteiger partial charge on any atom is 0.278 e. The van der Waals surface area contributed by atoms with Crippen molar-refractivity contribution in [1.82, 2.24) is 4.98 Å². The molecule has 0 aliphatic carbocycles. The second kappa shape index (κ2) is 5.59. The molecule has 19 heavy (non-hydrogen) atoms. The van der Waals surface area contributed by atoms with Gasteiger partial charge in [-0.3, -0.25) is 0 Å². The summed E-state index contributed by atoms with van der Waals surface area (Å²) in [6.45, 7) is 2.07. The number of nitrogens with zero attached hydrogens (tertiary/aromatic N) is 1. The molecule has 0 amide bonds. The van der Waals surface area contributed by atoms with Crippen LogP contribution in [0.3, 0.4) is 0 Å². The molecule has 0 aliphatic heterocycles. The molecule has 2 rings (SSSR count). The van der Waals surface area contributed by atoms with Gasteiger partial charge in [-0.1, -0.05) is 30.3 Å². The van der Waals surface area contributed by atoms with Crippen LogP contribution < -0.4 is 4.74 Å². The third kappa shape index (κ3) is 3.94. The van der Waals surface area contributed by atoms with E-state index in [1.165, 1.54) is 6.07 Å². The van der Waals surface area contributed by atoms with Gasteiger partial charge >= 0.3 is 0 Å². The van der Waals surface area contributed by atoms with Crippen LogP contribution in [0.5, 0.6) is 5.88 Å². The van der Waals surface area contributed by atoms with Crippen LogP contribution in [0.1, 0.15) is 11.1 Å². The molecule has 4 nitrogen and oxygen atoms in total. The first-order valence-corrected chi connectivity index (χ1v) is 7.86. The lowest BCUT2D eigenvalue weighted by Crippen LogP contribution is -2.01. The minimum atomic E-state index is -3.85. The van der Waals surface area contributed by atoms with Crippen LogP contribution >= 0.6 is 10.7 Å². The van der Waals surface area contributed by atoms with Crippen LogP contribution in [0.25, 0.3) is 0 Å². The summed E-state index contributed by atoms with van der Waals surface area (Å²) in [4.78, 5) is 3.88. The average molecular weight is 298 g/mol. The molecule has 0 radical (unpaired) electrons. The van der Waals surface area contributed by atoms with Crippen molar-refractivity contribution in [3.8, 4) is 5.88 Å². The maximum atomic E-state index is 11.3. The predicted molar refractivity (Wildman–Crippen MR) is 72.8 cm³/mol. The second-order valence-corrected chi connectivity index (χ2v) is 6.55. The Hall–Kier alpha value is -1.59. The van der Waals surface area contributed by atoms with Gasteiger partial charge in [0.1, 0.15) is 6.61 Å². The molecule has 2 aromatic rings. The molecule has 0 unspecified atom stereocenters. The summed E-state index contributed by atoms with van der Waals surface area (Å²) in [5.74, 6) is 0.239. The molecule has 6 heteroatoms. The van der Waals surface area contributed by atoms with Crippen LogP contribution in [0, 0.1) is 6.92 Å². The van der Waals surface area contributed by atoms with Crippen molar-refractivity contribution in [2.24, 2.45) is 0 Å². The van der Waals surface area contributed by atoms with Gasteiger partial charge in [0.05, 0.1) is 0 Å². The zero-order valence-electron chi connectivity index (χ0n) is 10.2. The summed E-state index contributed by atoms with van der Waals surface area (Å²) in [7, 11) is 1.42. The van der Waals surface area contributed by atoms with E-state index in [0.717, 1.165) is 11.1 Å². The summed E-state index contributed by atoms with van der Waals surface area (Å²) in [5.41, 5.74) is 1.69. The first-order valence-electron chi connectivity index (χ1n) is 5.55. The lowest BCUT2D eigenvalue weighted by atomic mass is 10.2. The van der Waals surface area contributed by atoms with E-state index in [1.807, 2.05) is 30.3 Å². The number of aromatic nitrogens is 1. The highest BCUT2D eigenvalue weighted by Gasteiger charge is 2.14. The highest BCUT2D eigenvalue weighted by Crippen LogP contribution is 2.19. The number of hydrogen-bond donors (Lipinski definition) is 0. The second-order valence-electron chi connectivity index (χ2n) is 4.03. The smallest absolute Gasteiger partial charge is 0.278 e. The van der Waals surface area contributed by atoms with Gasteiger partial charge in [0, 0.05) is 16.7 Å². The highest BCUT2D eigenvalue weighted by molar-refractivity contribution is 8.13. The molecule has 0 fully saturated rings. The Bertz CT molecular complexity index is 672. The van der Waals surface area contributed by atoms with Crippen molar-refractivity contribution in [3.63, 3.8) is 0 Å². The van der Waals surface area contributed by atoms with E-state index in [4.69, 9.17) is 15.4 Å². The predicted octanol–water partition coefficient (Wildman–Crippen LogP) is 2.90. The number of benzene rings is 1. The maximum absolute atomic E-state index is 11.3. The van der Waals surface area contributed by atoms with Crippen molar-refractivity contribution in [3.05, 3.63) is 53.6 Å². The van der Waals surface area contributed by atoms with Crippen molar-refractivity contribution >= 4 is 19.7 Å². The number of hydrogen-bond acceptors (Lipinski definition) is 4. The van der Waals surface area contributed by atoms with E-state index in [-0.39, 0.29) is 10.9 Å². The van der Waals surface area contributed by atoms with Crippen LogP contribution in [-0.4, -0.2) is 13.4 Å². The molecule has 100 valence electrons. The minimum absolute atomic E-state index is 0.197. The summed E-state index contributed by atoms with van der Waals surface area (Å²) in [5, 5.41) is -0.197. The molecular weight excluding hydrogens is 286 g/mol. The SMILES string of the molecule is Cc1cc(OCc2ccccc2)nc(S(=O)(=O)Cl)c1. The van der Waals surface area contributed by atoms with Gasteiger partial charge in [0.2, 0.25) is 5.88 Å². The molecule has 0 spiro atoms. The highest BCUT2D eigenvalue weighted by atomic mass is 35.7. The van der Waals surface area contributed by atoms with Gasteiger partial charge in [0.15, 0.2) is 5.03 Å². The molecule has 1 heterocycles. The Morgan fingerprint density at radius 2 is 1.89 bits per heavy atom. The molecule has 0 atom stereocenters. The van der Waals surface area contributed by atoms with Gasteiger partial charge in [0.25, 0.3) is 9.05 Å². The van der Waals surface area contributed by atoms with E-state index in [0.29, 0.717) is 6.61 Å². The molecule has 1 aromatic heterocycles. The molecule has 0 saturated heterocycles. The van der Waals surface area contributed by atoms with Gasteiger partial charge in [-0.25, -0.2) is 13.4 Å². The summed E-state index contributed by atoms with van der Waals surface area (Å²) in [6, 6.07) is 12.6. The van der Waals surface area contributed by atoms with Gasteiger partial charge in [-0.05, 0) is 24.1 Å². The first kappa shape index (κ1) is 13.8. The number of pyridine rings is 1. The normalized spacial score (nSPS) is 11.3. The Morgan fingerprint density at radius 1 is 1.21 bits per heavy atom. The minimum Gasteiger partial charge on any atom is -0.473 e. The van der Waals surface area contributed by atoms with Crippen molar-refractivity contribution in [1.29, 1.82) is 0 Å². The van der Waals surface area contributed by atoms with Crippen molar-refractivity contribution in [2.75, 3.05) is 0 Å². The van der Waals surface area contributed by atoms with E-state index in [2.05, 4.69) is 4.98 Å². The third-order valence-electron chi connectivity index (χ3n) is 2.40. The fourth-order valence-corrected chi connectivity index (χ4v) is 2.30. The zero-order valence-corrected chi connectivity index (χ0v) is 11.8. The lowest BCUT2D eigenvalue weighted by molar-refractivity contribution is 0.291. The fraction of sp³-hybridized carbons (Fsp3) is 0.154. The van der Waals surface area contributed by atoms with Crippen molar-refractivity contribution < 1.29 is 13.2 Å². The lowest BCUT2D eigenvalue weighted by Gasteiger charge is -2.07.